The number of hydrogen-bond acceptors (Lipinski definition) is 1. The zero-order valence-electron chi connectivity index (χ0n) is 17.2. The van der Waals surface area contributed by atoms with Gasteiger partial charge in [-0.05, 0) is 73.6 Å². The van der Waals surface area contributed by atoms with Crippen molar-refractivity contribution in [3.63, 3.8) is 0 Å². The molecule has 1 aromatic carbocycles. The second-order valence-corrected chi connectivity index (χ2v) is 9.86. The quantitative estimate of drug-likeness (QED) is 0.427. The van der Waals surface area contributed by atoms with E-state index >= 15 is 0 Å². The summed E-state index contributed by atoms with van der Waals surface area (Å²) in [5.41, 5.74) is 2.87. The van der Waals surface area contributed by atoms with E-state index in [0.717, 1.165) is 29.6 Å². The van der Waals surface area contributed by atoms with Crippen LogP contribution in [-0.4, -0.2) is 13.1 Å². The molecule has 0 amide bonds. The highest BCUT2D eigenvalue weighted by molar-refractivity contribution is 6.31. The molecular formula is C25H36ClN. The molecule has 0 aliphatic heterocycles. The minimum atomic E-state index is 0.510. The van der Waals surface area contributed by atoms with Crippen molar-refractivity contribution in [2.24, 2.45) is 11.3 Å². The zero-order valence-corrected chi connectivity index (χ0v) is 18.0. The van der Waals surface area contributed by atoms with Gasteiger partial charge in [-0.15, -0.1) is 0 Å². The minimum Gasteiger partial charge on any atom is -0.306 e. The van der Waals surface area contributed by atoms with Crippen LogP contribution in [0.1, 0.15) is 95.1 Å². The first-order valence-corrected chi connectivity index (χ1v) is 11.4. The van der Waals surface area contributed by atoms with Crippen LogP contribution in [0, 0.1) is 23.2 Å². The molecule has 27 heavy (non-hydrogen) atoms. The molecule has 2 aliphatic rings. The van der Waals surface area contributed by atoms with Crippen molar-refractivity contribution in [1.82, 2.24) is 5.32 Å². The third-order valence-corrected chi connectivity index (χ3v) is 7.01. The van der Waals surface area contributed by atoms with Gasteiger partial charge >= 0.3 is 0 Å². The van der Waals surface area contributed by atoms with Gasteiger partial charge in [-0.25, -0.2) is 0 Å². The normalized spacial score (nSPS) is 20.9. The lowest BCUT2D eigenvalue weighted by Gasteiger charge is -2.34. The Morgan fingerprint density at radius 1 is 1.07 bits per heavy atom. The van der Waals surface area contributed by atoms with E-state index in [1.165, 1.54) is 69.8 Å². The van der Waals surface area contributed by atoms with Gasteiger partial charge in [-0.3, -0.25) is 0 Å². The molecule has 0 spiro atoms. The summed E-state index contributed by atoms with van der Waals surface area (Å²) in [5.74, 6) is 8.10. The van der Waals surface area contributed by atoms with Crippen LogP contribution in [0.15, 0.2) is 18.2 Å². The smallest absolute Gasteiger partial charge is 0.0580 e. The molecule has 2 saturated carbocycles. The van der Waals surface area contributed by atoms with Gasteiger partial charge in [-0.2, -0.15) is 0 Å². The minimum absolute atomic E-state index is 0.510. The molecule has 0 heterocycles. The third-order valence-electron chi connectivity index (χ3n) is 6.69. The van der Waals surface area contributed by atoms with E-state index in [9.17, 15) is 0 Å². The lowest BCUT2D eigenvalue weighted by atomic mass is 9.71. The first-order valence-electron chi connectivity index (χ1n) is 11.0. The van der Waals surface area contributed by atoms with Crippen molar-refractivity contribution in [2.75, 3.05) is 13.1 Å². The lowest BCUT2D eigenvalue weighted by molar-refractivity contribution is 0.224. The fourth-order valence-electron chi connectivity index (χ4n) is 4.69. The Labute approximate surface area is 171 Å². The summed E-state index contributed by atoms with van der Waals surface area (Å²) in [6, 6.07) is 6.52. The van der Waals surface area contributed by atoms with Crippen LogP contribution in [0.4, 0.5) is 0 Å². The maximum Gasteiger partial charge on any atom is 0.0580 e. The van der Waals surface area contributed by atoms with Gasteiger partial charge < -0.3 is 5.32 Å². The molecule has 0 saturated heterocycles. The molecule has 2 aliphatic carbocycles. The number of rotatable bonds is 5. The van der Waals surface area contributed by atoms with Crippen LogP contribution in [0.25, 0.3) is 0 Å². The zero-order chi connectivity index (χ0) is 19.1. The van der Waals surface area contributed by atoms with E-state index < -0.39 is 0 Å². The van der Waals surface area contributed by atoms with E-state index in [0.29, 0.717) is 11.3 Å². The molecular weight excluding hydrogens is 350 g/mol. The number of nitrogens with one attached hydrogen (secondary N) is 1. The molecule has 0 aromatic heterocycles. The Bertz CT molecular complexity index is 651. The molecule has 2 fully saturated rings. The Hall–Kier alpha value is -0.970. The third kappa shape index (κ3) is 6.55. The molecule has 148 valence electrons. The highest BCUT2D eigenvalue weighted by atomic mass is 35.5. The molecule has 3 rings (SSSR count). The van der Waals surface area contributed by atoms with E-state index in [2.05, 4.69) is 49.2 Å². The van der Waals surface area contributed by atoms with Gasteiger partial charge in [0.15, 0.2) is 0 Å². The maximum atomic E-state index is 6.52. The van der Waals surface area contributed by atoms with E-state index in [1.54, 1.807) is 0 Å². The summed E-state index contributed by atoms with van der Waals surface area (Å²) in [5, 5.41) is 4.29. The number of hydrogen-bond donors (Lipinski definition) is 1. The van der Waals surface area contributed by atoms with Gasteiger partial charge in [0.25, 0.3) is 0 Å². The summed E-state index contributed by atoms with van der Waals surface area (Å²) in [7, 11) is 0. The van der Waals surface area contributed by atoms with Crippen LogP contribution in [-0.2, 0) is 0 Å². The van der Waals surface area contributed by atoms with Gasteiger partial charge in [0.1, 0.15) is 0 Å². The van der Waals surface area contributed by atoms with E-state index in [1.807, 2.05) is 0 Å². The van der Waals surface area contributed by atoms with Crippen molar-refractivity contribution in [3.05, 3.63) is 34.3 Å². The highest BCUT2D eigenvalue weighted by Crippen LogP contribution is 2.42. The van der Waals surface area contributed by atoms with Crippen LogP contribution in [0.3, 0.4) is 0 Å². The predicted molar refractivity (Wildman–Crippen MR) is 117 cm³/mol. The standard InChI is InChI=1S/C25H36ClN/c1-25(2)15-12-21(13-16-25)23-11-10-22(24(26)19-23)9-6-17-27-18-14-20-7-4-3-5-8-20/h10-11,19-21,27H,3-5,7-8,12-18H2,1-2H3. The fourth-order valence-corrected chi connectivity index (χ4v) is 4.93. The van der Waals surface area contributed by atoms with Gasteiger partial charge in [0.2, 0.25) is 0 Å². The highest BCUT2D eigenvalue weighted by Gasteiger charge is 2.27. The monoisotopic (exact) mass is 385 g/mol. The first kappa shape index (κ1) is 20.8. The second kappa shape index (κ2) is 9.99. The van der Waals surface area contributed by atoms with Crippen LogP contribution in [0.5, 0.6) is 0 Å². The predicted octanol–water partition coefficient (Wildman–Crippen LogP) is 6.94. The molecule has 0 bridgehead atoms. The Balaban J connectivity index is 1.43. The average molecular weight is 386 g/mol. The van der Waals surface area contributed by atoms with E-state index in [-0.39, 0.29) is 0 Å². The first-order chi connectivity index (χ1) is 13.0. The SMILES string of the molecule is CC1(C)CCC(c2ccc(C#CCNCCC3CCCCC3)c(Cl)c2)CC1. The van der Waals surface area contributed by atoms with Gasteiger partial charge in [0.05, 0.1) is 11.6 Å². The van der Waals surface area contributed by atoms with Crippen molar-refractivity contribution in [1.29, 1.82) is 0 Å². The van der Waals surface area contributed by atoms with Crippen molar-refractivity contribution in [3.8, 4) is 11.8 Å². The number of halogens is 1. The lowest BCUT2D eigenvalue weighted by Crippen LogP contribution is -2.20. The van der Waals surface area contributed by atoms with Crippen LogP contribution >= 0.6 is 11.6 Å². The largest absolute Gasteiger partial charge is 0.306 e. The topological polar surface area (TPSA) is 12.0 Å². The maximum absolute atomic E-state index is 6.52. The van der Waals surface area contributed by atoms with Crippen LogP contribution in [0.2, 0.25) is 5.02 Å². The van der Waals surface area contributed by atoms with E-state index in [4.69, 9.17) is 11.6 Å². The Morgan fingerprint density at radius 3 is 2.52 bits per heavy atom. The molecule has 1 nitrogen and oxygen atoms in total. The fraction of sp³-hybridized carbons (Fsp3) is 0.680. The van der Waals surface area contributed by atoms with Gasteiger partial charge in [0, 0.05) is 5.56 Å². The molecule has 1 aromatic rings. The molecule has 2 heteroatoms. The molecule has 1 N–H and O–H groups in total. The van der Waals surface area contributed by atoms with Crippen molar-refractivity contribution in [2.45, 2.75) is 84.0 Å². The Kier molecular flexibility index (Phi) is 7.68. The van der Waals surface area contributed by atoms with Gasteiger partial charge in [-0.1, -0.05) is 75.5 Å². The second-order valence-electron chi connectivity index (χ2n) is 9.45. The average Bonchev–Trinajstić information content (AvgIpc) is 2.66. The summed E-state index contributed by atoms with van der Waals surface area (Å²) >= 11 is 6.52. The summed E-state index contributed by atoms with van der Waals surface area (Å²) in [6.07, 6.45) is 13.6. The van der Waals surface area contributed by atoms with Crippen molar-refractivity contribution < 1.29 is 0 Å². The molecule has 0 atom stereocenters. The summed E-state index contributed by atoms with van der Waals surface area (Å²) in [4.78, 5) is 0. The van der Waals surface area contributed by atoms with Crippen LogP contribution < -0.4 is 5.32 Å². The molecule has 0 radical (unpaired) electrons. The summed E-state index contributed by atoms with van der Waals surface area (Å²) < 4.78 is 0. The van der Waals surface area contributed by atoms with Crippen molar-refractivity contribution >= 4 is 11.6 Å². The molecule has 0 unspecified atom stereocenters. The summed E-state index contributed by atoms with van der Waals surface area (Å²) in [6.45, 7) is 6.61. The Morgan fingerprint density at radius 2 is 1.81 bits per heavy atom. The number of benzene rings is 1.